The van der Waals surface area contributed by atoms with Crippen LogP contribution in [0.2, 0.25) is 0 Å². The predicted molar refractivity (Wildman–Crippen MR) is 64.8 cm³/mol. The van der Waals surface area contributed by atoms with Gasteiger partial charge in [0.15, 0.2) is 0 Å². The van der Waals surface area contributed by atoms with E-state index in [1.165, 1.54) is 25.3 Å². The van der Waals surface area contributed by atoms with Gasteiger partial charge in [-0.05, 0) is 19.1 Å². The molecule has 9 heteroatoms. The van der Waals surface area contributed by atoms with Crippen LogP contribution >= 0.6 is 0 Å². The molecule has 1 aromatic heterocycles. The SMILES string of the molecule is CCOC(=O)[C@](NCc1ccco1)(NC(C)=O)C(F)(F)F. The Balaban J connectivity index is 3.09. The van der Waals surface area contributed by atoms with Crippen molar-refractivity contribution in [2.45, 2.75) is 32.2 Å². The monoisotopic (exact) mass is 308 g/mol. The van der Waals surface area contributed by atoms with Crippen molar-refractivity contribution >= 4 is 11.9 Å². The third-order valence-corrected chi connectivity index (χ3v) is 2.48. The highest BCUT2D eigenvalue weighted by atomic mass is 19.4. The summed E-state index contributed by atoms with van der Waals surface area (Å²) >= 11 is 0. The second-order valence-corrected chi connectivity index (χ2v) is 4.08. The van der Waals surface area contributed by atoms with Crippen LogP contribution in [0.5, 0.6) is 0 Å². The molecule has 0 bridgehead atoms. The van der Waals surface area contributed by atoms with E-state index in [1.807, 2.05) is 5.32 Å². The van der Waals surface area contributed by atoms with Crippen molar-refractivity contribution < 1.29 is 31.9 Å². The quantitative estimate of drug-likeness (QED) is 0.612. The second-order valence-electron chi connectivity index (χ2n) is 4.08. The van der Waals surface area contributed by atoms with E-state index in [2.05, 4.69) is 4.74 Å². The lowest BCUT2D eigenvalue weighted by atomic mass is 10.1. The Hall–Kier alpha value is -2.03. The van der Waals surface area contributed by atoms with E-state index in [-0.39, 0.29) is 12.4 Å². The van der Waals surface area contributed by atoms with Gasteiger partial charge in [-0.25, -0.2) is 4.79 Å². The van der Waals surface area contributed by atoms with Crippen molar-refractivity contribution in [2.24, 2.45) is 0 Å². The third-order valence-electron chi connectivity index (χ3n) is 2.48. The molecule has 1 atom stereocenters. The Kier molecular flexibility index (Phi) is 5.36. The minimum Gasteiger partial charge on any atom is -0.468 e. The van der Waals surface area contributed by atoms with Crippen LogP contribution in [0, 0.1) is 0 Å². The lowest BCUT2D eigenvalue weighted by Gasteiger charge is -2.34. The van der Waals surface area contributed by atoms with Crippen LogP contribution in [-0.4, -0.2) is 30.3 Å². The van der Waals surface area contributed by atoms with Crippen LogP contribution in [0.4, 0.5) is 13.2 Å². The molecule has 118 valence electrons. The number of alkyl halides is 3. The number of ether oxygens (including phenoxy) is 1. The molecule has 1 heterocycles. The summed E-state index contributed by atoms with van der Waals surface area (Å²) in [4.78, 5) is 22.9. The number of carbonyl (C=O) groups excluding carboxylic acids is 2. The molecule has 0 aromatic carbocycles. The number of nitrogens with one attached hydrogen (secondary N) is 2. The highest BCUT2D eigenvalue weighted by Crippen LogP contribution is 2.30. The molecule has 0 unspecified atom stereocenters. The molecule has 2 N–H and O–H groups in total. The number of hydrogen-bond donors (Lipinski definition) is 2. The molecule has 21 heavy (non-hydrogen) atoms. The minimum atomic E-state index is -5.10. The molecule has 1 aromatic rings. The molecule has 0 radical (unpaired) electrons. The van der Waals surface area contributed by atoms with Crippen LogP contribution in [0.3, 0.4) is 0 Å². The van der Waals surface area contributed by atoms with Crippen LogP contribution in [0.1, 0.15) is 19.6 Å². The van der Waals surface area contributed by atoms with Gasteiger partial charge in [-0.2, -0.15) is 13.2 Å². The molecule has 1 amide bonds. The lowest BCUT2D eigenvalue weighted by Crippen LogP contribution is -2.72. The Morgan fingerprint density at radius 3 is 2.48 bits per heavy atom. The van der Waals surface area contributed by atoms with E-state index in [1.54, 1.807) is 5.32 Å². The number of esters is 1. The van der Waals surface area contributed by atoms with Crippen molar-refractivity contribution in [1.29, 1.82) is 0 Å². The minimum absolute atomic E-state index is 0.165. The maximum atomic E-state index is 13.3. The standard InChI is InChI=1S/C12H15F3N2O4/c1-3-20-10(19)11(12(13,14)15,17-8(2)18)16-7-9-5-4-6-21-9/h4-6,16H,3,7H2,1-2H3,(H,17,18)/t11-/m0/s1. The first-order chi connectivity index (χ1) is 9.73. The molecular weight excluding hydrogens is 293 g/mol. The van der Waals surface area contributed by atoms with Gasteiger partial charge < -0.3 is 14.5 Å². The molecule has 1 rings (SSSR count). The summed E-state index contributed by atoms with van der Waals surface area (Å²) in [7, 11) is 0. The summed E-state index contributed by atoms with van der Waals surface area (Å²) in [6.07, 6.45) is -3.83. The lowest BCUT2D eigenvalue weighted by molar-refractivity contribution is -0.222. The fourth-order valence-corrected chi connectivity index (χ4v) is 1.59. The van der Waals surface area contributed by atoms with Crippen molar-refractivity contribution in [3.8, 4) is 0 Å². The molecular formula is C12H15F3N2O4. The van der Waals surface area contributed by atoms with Gasteiger partial charge in [-0.1, -0.05) is 0 Å². The fraction of sp³-hybridized carbons (Fsp3) is 0.500. The zero-order valence-electron chi connectivity index (χ0n) is 11.4. The summed E-state index contributed by atoms with van der Waals surface area (Å²) in [6.45, 7) is 1.54. The van der Waals surface area contributed by atoms with Gasteiger partial charge >= 0.3 is 12.1 Å². The normalized spacial score (nSPS) is 14.3. The van der Waals surface area contributed by atoms with Crippen LogP contribution in [-0.2, 0) is 20.9 Å². The van der Waals surface area contributed by atoms with Crippen molar-refractivity contribution in [2.75, 3.05) is 6.61 Å². The van der Waals surface area contributed by atoms with Crippen molar-refractivity contribution in [3.63, 3.8) is 0 Å². The number of halogens is 3. The van der Waals surface area contributed by atoms with E-state index in [9.17, 15) is 22.8 Å². The Morgan fingerprint density at radius 1 is 1.38 bits per heavy atom. The topological polar surface area (TPSA) is 80.6 Å². The van der Waals surface area contributed by atoms with Gasteiger partial charge in [-0.15, -0.1) is 0 Å². The maximum absolute atomic E-state index is 13.3. The van der Waals surface area contributed by atoms with Gasteiger partial charge in [0.2, 0.25) is 5.91 Å². The van der Waals surface area contributed by atoms with E-state index in [0.717, 1.165) is 6.92 Å². The van der Waals surface area contributed by atoms with E-state index >= 15 is 0 Å². The second kappa shape index (κ2) is 6.61. The van der Waals surface area contributed by atoms with E-state index in [4.69, 9.17) is 4.42 Å². The van der Waals surface area contributed by atoms with Gasteiger partial charge in [0.25, 0.3) is 5.66 Å². The number of hydrogen-bond acceptors (Lipinski definition) is 5. The molecule has 0 aliphatic carbocycles. The fourth-order valence-electron chi connectivity index (χ4n) is 1.59. The van der Waals surface area contributed by atoms with Crippen LogP contribution in [0.15, 0.2) is 22.8 Å². The molecule has 6 nitrogen and oxygen atoms in total. The Labute approximate surface area is 118 Å². The number of rotatable bonds is 6. The molecule has 0 aliphatic heterocycles. The Morgan fingerprint density at radius 2 is 2.05 bits per heavy atom. The first kappa shape index (κ1) is 17.0. The van der Waals surface area contributed by atoms with Gasteiger partial charge in [0.05, 0.1) is 19.4 Å². The average molecular weight is 308 g/mol. The number of amides is 1. The summed E-state index contributed by atoms with van der Waals surface area (Å²) in [5.41, 5.74) is -3.33. The molecule has 0 saturated heterocycles. The van der Waals surface area contributed by atoms with Crippen molar-refractivity contribution in [3.05, 3.63) is 24.2 Å². The summed E-state index contributed by atoms with van der Waals surface area (Å²) in [5, 5.41) is 3.56. The van der Waals surface area contributed by atoms with Gasteiger partial charge in [-0.3, -0.25) is 10.1 Å². The van der Waals surface area contributed by atoms with Crippen molar-refractivity contribution in [1.82, 2.24) is 10.6 Å². The average Bonchev–Trinajstić information content (AvgIpc) is 2.85. The zero-order valence-corrected chi connectivity index (χ0v) is 11.4. The predicted octanol–water partition coefficient (Wildman–Crippen LogP) is 1.33. The summed E-state index contributed by atoms with van der Waals surface area (Å²) in [5.74, 6) is -2.51. The largest absolute Gasteiger partial charge is 0.468 e. The van der Waals surface area contributed by atoms with E-state index < -0.39 is 30.3 Å². The number of furan rings is 1. The third kappa shape index (κ3) is 3.97. The smallest absolute Gasteiger partial charge is 0.436 e. The van der Waals surface area contributed by atoms with Gasteiger partial charge in [0, 0.05) is 6.92 Å². The Bertz CT molecular complexity index is 487. The molecule has 0 fully saturated rings. The zero-order chi connectivity index (χ0) is 16.1. The first-order valence-corrected chi connectivity index (χ1v) is 6.03. The van der Waals surface area contributed by atoms with Gasteiger partial charge in [0.1, 0.15) is 5.76 Å². The van der Waals surface area contributed by atoms with Crippen LogP contribution < -0.4 is 10.6 Å². The van der Waals surface area contributed by atoms with E-state index in [0.29, 0.717) is 0 Å². The number of carbonyl (C=O) groups is 2. The highest BCUT2D eigenvalue weighted by Gasteiger charge is 2.62. The molecule has 0 spiro atoms. The first-order valence-electron chi connectivity index (χ1n) is 6.03. The molecule has 0 saturated carbocycles. The summed E-state index contributed by atoms with van der Waals surface area (Å²) in [6, 6.07) is 2.90. The maximum Gasteiger partial charge on any atom is 0.436 e. The summed E-state index contributed by atoms with van der Waals surface area (Å²) < 4.78 is 49.3. The van der Waals surface area contributed by atoms with Crippen LogP contribution in [0.25, 0.3) is 0 Å². The highest BCUT2D eigenvalue weighted by molar-refractivity contribution is 5.87. The molecule has 0 aliphatic rings.